The molecule has 3 atom stereocenters. The molecular weight excluding hydrogens is 462 g/mol. The lowest BCUT2D eigenvalue weighted by Crippen LogP contribution is -2.57. The van der Waals surface area contributed by atoms with E-state index in [-0.39, 0.29) is 23.8 Å². The summed E-state index contributed by atoms with van der Waals surface area (Å²) >= 11 is 12.5. The molecule has 4 nitrogen and oxygen atoms in total. The van der Waals surface area contributed by atoms with Crippen LogP contribution in [-0.4, -0.2) is 11.8 Å². The van der Waals surface area contributed by atoms with Crippen molar-refractivity contribution in [3.05, 3.63) is 98.8 Å². The number of terminal acetylenes is 1. The Morgan fingerprint density at radius 1 is 1.03 bits per heavy atom. The maximum atomic E-state index is 15.2. The highest BCUT2D eigenvalue weighted by Crippen LogP contribution is 2.57. The molecule has 0 aliphatic carbocycles. The molecule has 1 spiro atoms. The second kappa shape index (κ2) is 7.91. The maximum absolute atomic E-state index is 15.2. The van der Waals surface area contributed by atoms with Crippen molar-refractivity contribution in [2.24, 2.45) is 0 Å². The van der Waals surface area contributed by atoms with Crippen molar-refractivity contribution in [2.45, 2.75) is 23.8 Å². The Bertz CT molecular complexity index is 1370. The Kier molecular flexibility index (Phi) is 5.16. The average molecular weight is 479 g/mol. The number of hydrogen-bond donors (Lipinski definition) is 2. The number of rotatable bonds is 2. The molecule has 0 unspecified atom stereocenters. The molecule has 0 saturated carbocycles. The fourth-order valence-corrected chi connectivity index (χ4v) is 5.50. The highest BCUT2D eigenvalue weighted by Gasteiger charge is 2.61. The topological polar surface area (TPSA) is 58.2 Å². The zero-order valence-electron chi connectivity index (χ0n) is 17.2. The summed E-state index contributed by atoms with van der Waals surface area (Å²) in [6.07, 6.45) is 5.57. The largest absolute Gasteiger partial charge is 0.348 e. The molecule has 164 valence electrons. The smallest absolute Gasteiger partial charge is 0.238 e. The summed E-state index contributed by atoms with van der Waals surface area (Å²) in [7, 11) is 0. The van der Waals surface area contributed by atoms with Crippen molar-refractivity contribution in [3.63, 3.8) is 0 Å². The van der Waals surface area contributed by atoms with Crippen LogP contribution in [-0.2, 0) is 15.0 Å². The number of nitrogens with one attached hydrogen (secondary N) is 2. The molecule has 2 N–H and O–H groups in total. The summed E-state index contributed by atoms with van der Waals surface area (Å²) in [5.74, 6) is 0.639. The summed E-state index contributed by atoms with van der Waals surface area (Å²) in [6, 6.07) is 15.3. The number of piperidine rings is 1. The first-order valence-corrected chi connectivity index (χ1v) is 11.0. The van der Waals surface area contributed by atoms with Crippen molar-refractivity contribution in [1.82, 2.24) is 5.32 Å². The van der Waals surface area contributed by atoms with Gasteiger partial charge < -0.3 is 10.6 Å². The molecule has 2 amide bonds. The van der Waals surface area contributed by atoms with Gasteiger partial charge in [-0.05, 0) is 53.6 Å². The van der Waals surface area contributed by atoms with Crippen LogP contribution in [0.25, 0.3) is 0 Å². The minimum absolute atomic E-state index is 0.0166. The van der Waals surface area contributed by atoms with Crippen molar-refractivity contribution in [3.8, 4) is 12.3 Å². The third kappa shape index (κ3) is 3.30. The molecule has 0 bridgehead atoms. The number of carbonyl (C=O) groups excluding carboxylic acids is 2. The molecule has 7 heteroatoms. The lowest BCUT2D eigenvalue weighted by Gasteiger charge is -2.46. The van der Waals surface area contributed by atoms with Crippen molar-refractivity contribution < 1.29 is 14.0 Å². The normalized spacial score (nSPS) is 23.6. The van der Waals surface area contributed by atoms with Gasteiger partial charge in [0.2, 0.25) is 11.8 Å². The van der Waals surface area contributed by atoms with E-state index in [1.54, 1.807) is 36.4 Å². The van der Waals surface area contributed by atoms with E-state index in [0.717, 1.165) is 0 Å². The highest BCUT2D eigenvalue weighted by molar-refractivity contribution is 6.31. The first-order valence-electron chi connectivity index (χ1n) is 10.3. The van der Waals surface area contributed by atoms with Crippen LogP contribution in [0.4, 0.5) is 10.1 Å². The molecule has 2 aliphatic rings. The van der Waals surface area contributed by atoms with Crippen LogP contribution in [0.15, 0.2) is 60.7 Å². The third-order valence-corrected chi connectivity index (χ3v) is 6.95. The van der Waals surface area contributed by atoms with Crippen molar-refractivity contribution in [1.29, 1.82) is 0 Å². The van der Waals surface area contributed by atoms with Crippen LogP contribution in [0.5, 0.6) is 0 Å². The van der Waals surface area contributed by atoms with Gasteiger partial charge in [0.15, 0.2) is 0 Å². The van der Waals surface area contributed by atoms with Crippen LogP contribution in [0.2, 0.25) is 10.0 Å². The number of benzene rings is 3. The second-order valence-electron chi connectivity index (χ2n) is 8.21. The number of fused-ring (bicyclic) bond motifs is 2. The van der Waals surface area contributed by atoms with Gasteiger partial charge in [0.05, 0.1) is 6.04 Å². The van der Waals surface area contributed by atoms with Crippen LogP contribution in [0, 0.1) is 18.2 Å². The van der Waals surface area contributed by atoms with Crippen LogP contribution in [0.1, 0.15) is 40.6 Å². The third-order valence-electron chi connectivity index (χ3n) is 6.48. The van der Waals surface area contributed by atoms with Gasteiger partial charge in [-0.3, -0.25) is 9.59 Å². The monoisotopic (exact) mass is 478 g/mol. The first kappa shape index (κ1) is 21.5. The van der Waals surface area contributed by atoms with E-state index in [0.29, 0.717) is 32.4 Å². The van der Waals surface area contributed by atoms with Crippen molar-refractivity contribution >= 4 is 40.7 Å². The molecule has 0 aromatic heterocycles. The standard InChI is InChI=1S/C26H17Cl2FN2O2/c1-2-14-6-9-21(29)18(10-14)24-26(19-8-7-17(28)12-22(19)30-25(26)33)20(13-23(32)31-24)15-4-3-5-16(27)11-15/h1,3-12,20,24H,13H2,(H,30,33)(H,31,32)/t20-,24-,26-/m0/s1. The van der Waals surface area contributed by atoms with Gasteiger partial charge >= 0.3 is 0 Å². The summed E-state index contributed by atoms with van der Waals surface area (Å²) in [5, 5.41) is 6.71. The Labute approximate surface area is 200 Å². The summed E-state index contributed by atoms with van der Waals surface area (Å²) in [4.78, 5) is 26.8. The average Bonchev–Trinajstić information content (AvgIpc) is 3.07. The quantitative estimate of drug-likeness (QED) is 0.487. The first-order chi connectivity index (χ1) is 15.8. The molecule has 3 aromatic rings. The second-order valence-corrected chi connectivity index (χ2v) is 9.08. The van der Waals surface area contributed by atoms with Gasteiger partial charge in [-0.25, -0.2) is 4.39 Å². The lowest BCUT2D eigenvalue weighted by atomic mass is 9.59. The van der Waals surface area contributed by atoms with Crippen LogP contribution in [0.3, 0.4) is 0 Å². The molecule has 33 heavy (non-hydrogen) atoms. The SMILES string of the molecule is C#Cc1ccc(F)c([C@@H]2NC(=O)C[C@@H](c3cccc(Cl)c3)[C@]23C(=O)Nc2cc(Cl)ccc23)c1. The zero-order valence-corrected chi connectivity index (χ0v) is 18.7. The Morgan fingerprint density at radius 2 is 1.82 bits per heavy atom. The molecule has 3 aromatic carbocycles. The number of anilines is 1. The van der Waals surface area contributed by atoms with E-state index >= 15 is 4.39 Å². The number of halogens is 3. The fraction of sp³-hybridized carbons (Fsp3) is 0.154. The van der Waals surface area contributed by atoms with E-state index in [2.05, 4.69) is 16.6 Å². The Hall–Kier alpha value is -3.33. The Balaban J connectivity index is 1.84. The number of amides is 2. The van der Waals surface area contributed by atoms with Gasteiger partial charge in [0.1, 0.15) is 11.2 Å². The molecule has 1 saturated heterocycles. The van der Waals surface area contributed by atoms with Gasteiger partial charge in [0.25, 0.3) is 0 Å². The van der Waals surface area contributed by atoms with E-state index in [1.165, 1.54) is 18.2 Å². The molecule has 1 fully saturated rings. The van der Waals surface area contributed by atoms with E-state index in [4.69, 9.17) is 29.6 Å². The molecule has 5 rings (SSSR count). The summed E-state index contributed by atoms with van der Waals surface area (Å²) in [6.45, 7) is 0. The van der Waals surface area contributed by atoms with Gasteiger partial charge in [-0.1, -0.05) is 47.3 Å². The van der Waals surface area contributed by atoms with Crippen molar-refractivity contribution in [2.75, 3.05) is 5.32 Å². The maximum Gasteiger partial charge on any atom is 0.238 e. The molecule has 2 aliphatic heterocycles. The van der Waals surface area contributed by atoms with E-state index in [1.807, 2.05) is 6.07 Å². The van der Waals surface area contributed by atoms with Gasteiger partial charge in [-0.15, -0.1) is 6.42 Å². The lowest BCUT2D eigenvalue weighted by molar-refractivity contribution is -0.131. The summed E-state index contributed by atoms with van der Waals surface area (Å²) < 4.78 is 15.2. The van der Waals surface area contributed by atoms with E-state index in [9.17, 15) is 9.59 Å². The zero-order chi connectivity index (χ0) is 23.3. The fourth-order valence-electron chi connectivity index (χ4n) is 5.12. The highest BCUT2D eigenvalue weighted by atomic mass is 35.5. The van der Waals surface area contributed by atoms with Gasteiger partial charge in [0, 0.05) is 39.2 Å². The number of carbonyl (C=O) groups is 2. The van der Waals surface area contributed by atoms with Crippen LogP contribution >= 0.6 is 23.2 Å². The predicted molar refractivity (Wildman–Crippen MR) is 126 cm³/mol. The van der Waals surface area contributed by atoms with Crippen LogP contribution < -0.4 is 10.6 Å². The minimum Gasteiger partial charge on any atom is -0.348 e. The van der Waals surface area contributed by atoms with Gasteiger partial charge in [-0.2, -0.15) is 0 Å². The minimum atomic E-state index is -1.35. The predicted octanol–water partition coefficient (Wildman–Crippen LogP) is 5.35. The molecule has 2 heterocycles. The summed E-state index contributed by atoms with van der Waals surface area (Å²) in [5.41, 5.74) is 1.08. The molecule has 0 radical (unpaired) electrons. The number of hydrogen-bond acceptors (Lipinski definition) is 2. The molecular formula is C26H17Cl2FN2O2. The van der Waals surface area contributed by atoms with E-state index < -0.39 is 23.2 Å². The Morgan fingerprint density at radius 3 is 2.58 bits per heavy atom.